The predicted octanol–water partition coefficient (Wildman–Crippen LogP) is 1.60. The van der Waals surface area contributed by atoms with E-state index in [4.69, 9.17) is 5.73 Å². The number of benzene rings is 1. The van der Waals surface area contributed by atoms with Crippen LogP contribution >= 0.6 is 0 Å². The fraction of sp³-hybridized carbons (Fsp3) is 0.462. The van der Waals surface area contributed by atoms with Crippen molar-refractivity contribution in [1.29, 1.82) is 0 Å². The molecule has 1 amide bonds. The molecule has 0 saturated carbocycles. The Kier molecular flexibility index (Phi) is 4.07. The zero-order chi connectivity index (χ0) is 12.2. The van der Waals surface area contributed by atoms with Gasteiger partial charge in [0, 0.05) is 13.1 Å². The predicted molar refractivity (Wildman–Crippen MR) is 65.9 cm³/mol. The molecule has 16 heavy (non-hydrogen) atoms. The van der Waals surface area contributed by atoms with Crippen molar-refractivity contribution in [2.45, 2.75) is 27.3 Å². The van der Waals surface area contributed by atoms with Crippen LogP contribution < -0.4 is 11.1 Å². The number of nitrogens with two attached hydrogens (primary N) is 1. The molecule has 0 aliphatic carbocycles. The molecule has 0 spiro atoms. The van der Waals surface area contributed by atoms with Crippen LogP contribution in [0.4, 0.5) is 0 Å². The van der Waals surface area contributed by atoms with E-state index in [1.165, 1.54) is 11.1 Å². The Morgan fingerprint density at radius 3 is 2.38 bits per heavy atom. The average Bonchev–Trinajstić information content (AvgIpc) is 2.20. The van der Waals surface area contributed by atoms with Crippen LogP contribution in [-0.4, -0.2) is 12.5 Å². The highest BCUT2D eigenvalue weighted by molar-refractivity contribution is 5.80. The Morgan fingerprint density at radius 1 is 1.31 bits per heavy atom. The first-order valence-electron chi connectivity index (χ1n) is 5.48. The van der Waals surface area contributed by atoms with Crippen molar-refractivity contribution in [3.63, 3.8) is 0 Å². The maximum absolute atomic E-state index is 11.1. The molecule has 0 aromatic heterocycles. The van der Waals surface area contributed by atoms with E-state index in [-0.39, 0.29) is 5.91 Å². The summed E-state index contributed by atoms with van der Waals surface area (Å²) in [7, 11) is 0. The molecule has 3 nitrogen and oxygen atoms in total. The van der Waals surface area contributed by atoms with Gasteiger partial charge in [0.05, 0.1) is 5.41 Å². The fourth-order valence-electron chi connectivity index (χ4n) is 1.31. The van der Waals surface area contributed by atoms with Crippen molar-refractivity contribution < 1.29 is 4.79 Å². The van der Waals surface area contributed by atoms with E-state index in [1.807, 2.05) is 13.8 Å². The first-order chi connectivity index (χ1) is 7.42. The fourth-order valence-corrected chi connectivity index (χ4v) is 1.31. The van der Waals surface area contributed by atoms with E-state index in [0.29, 0.717) is 6.54 Å². The molecule has 1 rings (SSSR count). The highest BCUT2D eigenvalue weighted by Gasteiger charge is 2.23. The van der Waals surface area contributed by atoms with Gasteiger partial charge in [-0.05, 0) is 26.3 Å². The maximum atomic E-state index is 11.1. The van der Waals surface area contributed by atoms with Crippen LogP contribution in [0.3, 0.4) is 0 Å². The van der Waals surface area contributed by atoms with Crippen LogP contribution in [0.25, 0.3) is 0 Å². The summed E-state index contributed by atoms with van der Waals surface area (Å²) in [6.07, 6.45) is 0. The van der Waals surface area contributed by atoms with Crippen molar-refractivity contribution in [3.05, 3.63) is 35.4 Å². The third-order valence-electron chi connectivity index (χ3n) is 2.68. The summed E-state index contributed by atoms with van der Waals surface area (Å²) in [5.74, 6) is -0.274. The number of aryl methyl sites for hydroxylation is 1. The summed E-state index contributed by atoms with van der Waals surface area (Å²) < 4.78 is 0. The smallest absolute Gasteiger partial charge is 0.224 e. The van der Waals surface area contributed by atoms with Gasteiger partial charge in [-0.25, -0.2) is 0 Å². The number of carbonyl (C=O) groups excluding carboxylic acids is 1. The molecule has 0 saturated heterocycles. The molecule has 0 atom stereocenters. The molecule has 3 heteroatoms. The lowest BCUT2D eigenvalue weighted by Crippen LogP contribution is -2.40. The molecule has 0 aliphatic heterocycles. The second-order valence-corrected chi connectivity index (χ2v) is 4.84. The third kappa shape index (κ3) is 3.66. The van der Waals surface area contributed by atoms with Gasteiger partial charge in [0.1, 0.15) is 0 Å². The topological polar surface area (TPSA) is 55.1 Å². The number of hydrogen-bond donors (Lipinski definition) is 2. The molecule has 3 N–H and O–H groups in total. The van der Waals surface area contributed by atoms with E-state index < -0.39 is 5.41 Å². The van der Waals surface area contributed by atoms with Gasteiger partial charge in [0.15, 0.2) is 0 Å². The number of primary amides is 1. The van der Waals surface area contributed by atoms with Gasteiger partial charge >= 0.3 is 0 Å². The quantitative estimate of drug-likeness (QED) is 0.792. The number of hydrogen-bond acceptors (Lipinski definition) is 2. The van der Waals surface area contributed by atoms with Gasteiger partial charge in [0.2, 0.25) is 5.91 Å². The Balaban J connectivity index is 2.41. The van der Waals surface area contributed by atoms with Gasteiger partial charge in [-0.15, -0.1) is 0 Å². The average molecular weight is 220 g/mol. The molecule has 0 fully saturated rings. The summed E-state index contributed by atoms with van der Waals surface area (Å²) in [5, 5.41) is 3.24. The summed E-state index contributed by atoms with van der Waals surface area (Å²) in [6.45, 7) is 7.11. The molecule has 88 valence electrons. The van der Waals surface area contributed by atoms with E-state index in [9.17, 15) is 4.79 Å². The largest absolute Gasteiger partial charge is 0.369 e. The molecule has 1 aromatic rings. The molecular weight excluding hydrogens is 200 g/mol. The summed E-state index contributed by atoms with van der Waals surface area (Å²) in [6, 6.07) is 8.33. The molecule has 0 heterocycles. The molecule has 0 bridgehead atoms. The van der Waals surface area contributed by atoms with E-state index >= 15 is 0 Å². The SMILES string of the molecule is Cc1ccc(CNCC(C)(C)C(N)=O)cc1. The van der Waals surface area contributed by atoms with Gasteiger partial charge in [-0.3, -0.25) is 4.79 Å². The van der Waals surface area contributed by atoms with Crippen molar-refractivity contribution in [3.8, 4) is 0 Å². The Morgan fingerprint density at radius 2 is 1.88 bits per heavy atom. The van der Waals surface area contributed by atoms with Crippen LogP contribution in [-0.2, 0) is 11.3 Å². The molecule has 0 radical (unpaired) electrons. The highest BCUT2D eigenvalue weighted by Crippen LogP contribution is 2.12. The van der Waals surface area contributed by atoms with Crippen molar-refractivity contribution >= 4 is 5.91 Å². The monoisotopic (exact) mass is 220 g/mol. The van der Waals surface area contributed by atoms with Crippen LogP contribution in [0.1, 0.15) is 25.0 Å². The Hall–Kier alpha value is -1.35. The zero-order valence-corrected chi connectivity index (χ0v) is 10.2. The van der Waals surface area contributed by atoms with Crippen LogP contribution in [0, 0.1) is 12.3 Å². The van der Waals surface area contributed by atoms with Crippen LogP contribution in [0.5, 0.6) is 0 Å². The van der Waals surface area contributed by atoms with Gasteiger partial charge in [-0.2, -0.15) is 0 Å². The minimum Gasteiger partial charge on any atom is -0.369 e. The minimum absolute atomic E-state index is 0.274. The lowest BCUT2D eigenvalue weighted by atomic mass is 9.93. The number of amides is 1. The highest BCUT2D eigenvalue weighted by atomic mass is 16.1. The number of carbonyl (C=O) groups is 1. The zero-order valence-electron chi connectivity index (χ0n) is 10.2. The molecule has 0 aliphatic rings. The van der Waals surface area contributed by atoms with E-state index in [1.54, 1.807) is 0 Å². The first-order valence-corrected chi connectivity index (χ1v) is 5.48. The molecule has 1 aromatic carbocycles. The summed E-state index contributed by atoms with van der Waals surface area (Å²) >= 11 is 0. The number of nitrogens with one attached hydrogen (secondary N) is 1. The van der Waals surface area contributed by atoms with Crippen LogP contribution in [0.2, 0.25) is 0 Å². The summed E-state index contributed by atoms with van der Waals surface area (Å²) in [5.41, 5.74) is 7.26. The number of rotatable bonds is 5. The molecular formula is C13H20N2O. The van der Waals surface area contributed by atoms with Gasteiger partial charge in [0.25, 0.3) is 0 Å². The standard InChI is InChI=1S/C13H20N2O/c1-10-4-6-11(7-5-10)8-15-9-13(2,3)12(14)16/h4-7,15H,8-9H2,1-3H3,(H2,14,16). The first kappa shape index (κ1) is 12.7. The lowest BCUT2D eigenvalue weighted by Gasteiger charge is -2.20. The third-order valence-corrected chi connectivity index (χ3v) is 2.68. The van der Waals surface area contributed by atoms with Crippen molar-refractivity contribution in [2.24, 2.45) is 11.1 Å². The van der Waals surface area contributed by atoms with Crippen molar-refractivity contribution in [2.75, 3.05) is 6.54 Å². The van der Waals surface area contributed by atoms with Crippen LogP contribution in [0.15, 0.2) is 24.3 Å². The minimum atomic E-state index is -0.495. The maximum Gasteiger partial charge on any atom is 0.224 e. The summed E-state index contributed by atoms with van der Waals surface area (Å²) in [4.78, 5) is 11.1. The molecule has 0 unspecified atom stereocenters. The van der Waals surface area contributed by atoms with Gasteiger partial charge < -0.3 is 11.1 Å². The normalized spacial score (nSPS) is 11.4. The lowest BCUT2D eigenvalue weighted by molar-refractivity contribution is -0.125. The second-order valence-electron chi connectivity index (χ2n) is 4.84. The second kappa shape index (κ2) is 5.12. The Bertz CT molecular complexity index is 355. The van der Waals surface area contributed by atoms with Crippen molar-refractivity contribution in [1.82, 2.24) is 5.32 Å². The van der Waals surface area contributed by atoms with E-state index in [0.717, 1.165) is 6.54 Å². The van der Waals surface area contributed by atoms with Gasteiger partial charge in [-0.1, -0.05) is 29.8 Å². The van der Waals surface area contributed by atoms with E-state index in [2.05, 4.69) is 36.5 Å². The Labute approximate surface area is 97.0 Å².